The molecule has 0 aromatic heterocycles. The Bertz CT molecular complexity index is 1190. The van der Waals surface area contributed by atoms with E-state index in [4.69, 9.17) is 22.0 Å². The van der Waals surface area contributed by atoms with Crippen LogP contribution in [0, 0.1) is 17.8 Å². The number of rotatable bonds is 2. The molecule has 2 aromatic rings. The molecule has 1 amide bonds. The average Bonchev–Trinajstić information content (AvgIpc) is 3.22. The Labute approximate surface area is 186 Å². The zero-order valence-corrected chi connectivity index (χ0v) is 18.2. The Hall–Kier alpha value is -3.24. The Kier molecular flexibility index (Phi) is 4.61. The van der Waals surface area contributed by atoms with E-state index in [1.165, 1.54) is 11.0 Å². The normalized spacial score (nSPS) is 28.8. The fourth-order valence-corrected chi connectivity index (χ4v) is 5.99. The quantitative estimate of drug-likeness (QED) is 0.725. The highest BCUT2D eigenvalue weighted by Crippen LogP contribution is 2.63. The average molecular weight is 432 g/mol. The molecular formula is C25H25FN4O2. The van der Waals surface area contributed by atoms with Gasteiger partial charge >= 0.3 is 0 Å². The second kappa shape index (κ2) is 7.14. The van der Waals surface area contributed by atoms with Crippen molar-refractivity contribution in [2.75, 3.05) is 14.2 Å². The predicted octanol–water partition coefficient (Wildman–Crippen LogP) is 4.16. The number of nitrogens with two attached hydrogens (primary N) is 1. The van der Waals surface area contributed by atoms with Crippen LogP contribution in [-0.2, 0) is 21.5 Å². The van der Waals surface area contributed by atoms with Gasteiger partial charge in [-0.25, -0.2) is 14.2 Å². The summed E-state index contributed by atoms with van der Waals surface area (Å²) in [5.74, 6) is -0.384. The van der Waals surface area contributed by atoms with Crippen LogP contribution in [0.1, 0.15) is 36.8 Å². The standard InChI is InChI=1S/C25H25FN4O2/c1-28-16-6-4-5-15(13-16)18-7-8-20(26)19-14-24(11-9-17(32-3)10-12-24)25(21(18)19)22(31)30(2)23(27)29-25/h4-8,13,17H,9-12,14H2,2-3H3,(H2,27,29). The molecule has 2 aliphatic carbocycles. The fourth-order valence-electron chi connectivity index (χ4n) is 5.99. The van der Waals surface area contributed by atoms with E-state index in [0.29, 0.717) is 36.1 Å². The first-order valence-electron chi connectivity index (χ1n) is 10.8. The molecule has 2 aromatic carbocycles. The van der Waals surface area contributed by atoms with Crippen LogP contribution in [-0.4, -0.2) is 37.0 Å². The molecule has 1 fully saturated rings. The van der Waals surface area contributed by atoms with E-state index in [0.717, 1.165) is 24.0 Å². The van der Waals surface area contributed by atoms with Gasteiger partial charge in [0.2, 0.25) is 0 Å². The smallest absolute Gasteiger partial charge is 0.262 e. The molecule has 2 spiro atoms. The van der Waals surface area contributed by atoms with Crippen molar-refractivity contribution in [3.05, 3.63) is 64.8 Å². The van der Waals surface area contributed by atoms with E-state index in [9.17, 15) is 4.79 Å². The van der Waals surface area contributed by atoms with Crippen LogP contribution in [0.15, 0.2) is 41.4 Å². The molecule has 0 bridgehead atoms. The number of ether oxygens (including phenoxy) is 1. The SMILES string of the molecule is [C-]#[N+]c1cccc(-c2ccc(F)c3c2C2(N=C(N)N(C)C2=O)C2(CCC(OC)CC2)C3)c1. The van der Waals surface area contributed by atoms with Gasteiger partial charge in [-0.05, 0) is 60.9 Å². The van der Waals surface area contributed by atoms with Gasteiger partial charge in [-0.15, -0.1) is 0 Å². The molecule has 5 rings (SSSR count). The van der Waals surface area contributed by atoms with Crippen LogP contribution < -0.4 is 5.73 Å². The summed E-state index contributed by atoms with van der Waals surface area (Å²) in [6.45, 7) is 7.38. The van der Waals surface area contributed by atoms with E-state index in [1.54, 1.807) is 38.4 Å². The Morgan fingerprint density at radius 1 is 1.28 bits per heavy atom. The Morgan fingerprint density at radius 2 is 2.03 bits per heavy atom. The third-order valence-corrected chi connectivity index (χ3v) is 7.65. The van der Waals surface area contributed by atoms with Gasteiger partial charge in [0.1, 0.15) is 5.82 Å². The number of carbonyl (C=O) groups is 1. The van der Waals surface area contributed by atoms with Gasteiger partial charge in [0, 0.05) is 25.1 Å². The molecule has 1 atom stereocenters. The van der Waals surface area contributed by atoms with Crippen molar-refractivity contribution in [1.29, 1.82) is 0 Å². The minimum Gasteiger partial charge on any atom is -0.381 e. The lowest BCUT2D eigenvalue weighted by Crippen LogP contribution is -2.51. The summed E-state index contributed by atoms with van der Waals surface area (Å²) in [7, 11) is 3.33. The Morgan fingerprint density at radius 3 is 2.66 bits per heavy atom. The molecule has 1 aliphatic heterocycles. The van der Waals surface area contributed by atoms with E-state index in [-0.39, 0.29) is 23.8 Å². The van der Waals surface area contributed by atoms with Crippen LogP contribution in [0.5, 0.6) is 0 Å². The summed E-state index contributed by atoms with van der Waals surface area (Å²) >= 11 is 0. The summed E-state index contributed by atoms with van der Waals surface area (Å²) in [5, 5.41) is 0. The molecule has 2 N–H and O–H groups in total. The molecule has 32 heavy (non-hydrogen) atoms. The highest BCUT2D eigenvalue weighted by Gasteiger charge is 2.67. The van der Waals surface area contributed by atoms with Gasteiger partial charge in [-0.2, -0.15) is 0 Å². The number of hydrogen-bond acceptors (Lipinski definition) is 4. The lowest BCUT2D eigenvalue weighted by Gasteiger charge is -2.45. The van der Waals surface area contributed by atoms with Crippen molar-refractivity contribution in [3.63, 3.8) is 0 Å². The number of guanidine groups is 1. The number of benzene rings is 2. The largest absolute Gasteiger partial charge is 0.381 e. The van der Waals surface area contributed by atoms with Gasteiger partial charge in [0.15, 0.2) is 17.2 Å². The van der Waals surface area contributed by atoms with Crippen LogP contribution in [0.2, 0.25) is 0 Å². The zero-order valence-electron chi connectivity index (χ0n) is 18.2. The van der Waals surface area contributed by atoms with Crippen molar-refractivity contribution < 1.29 is 13.9 Å². The summed E-state index contributed by atoms with van der Waals surface area (Å²) in [5.41, 5.74) is 7.49. The highest BCUT2D eigenvalue weighted by atomic mass is 19.1. The van der Waals surface area contributed by atoms with E-state index in [1.807, 2.05) is 6.07 Å². The maximum atomic E-state index is 15.3. The molecular weight excluding hydrogens is 407 g/mol. The molecule has 164 valence electrons. The highest BCUT2D eigenvalue weighted by molar-refractivity contribution is 6.09. The third-order valence-electron chi connectivity index (χ3n) is 7.65. The van der Waals surface area contributed by atoms with Gasteiger partial charge in [0.05, 0.1) is 12.7 Å². The van der Waals surface area contributed by atoms with Crippen molar-refractivity contribution in [2.24, 2.45) is 16.1 Å². The van der Waals surface area contributed by atoms with Gasteiger partial charge in [-0.3, -0.25) is 9.69 Å². The summed E-state index contributed by atoms with van der Waals surface area (Å²) in [4.78, 5) is 23.6. The number of amides is 1. The molecule has 7 heteroatoms. The van der Waals surface area contributed by atoms with Crippen molar-refractivity contribution in [2.45, 2.75) is 43.7 Å². The summed E-state index contributed by atoms with van der Waals surface area (Å²) in [6, 6.07) is 10.4. The number of halogens is 1. The fraction of sp³-hybridized carbons (Fsp3) is 0.400. The molecule has 1 saturated carbocycles. The third kappa shape index (κ3) is 2.59. The molecule has 0 saturated heterocycles. The monoisotopic (exact) mass is 432 g/mol. The molecule has 3 aliphatic rings. The van der Waals surface area contributed by atoms with Crippen LogP contribution in [0.3, 0.4) is 0 Å². The van der Waals surface area contributed by atoms with Crippen molar-refractivity contribution >= 4 is 17.6 Å². The van der Waals surface area contributed by atoms with E-state index >= 15 is 4.39 Å². The van der Waals surface area contributed by atoms with Crippen LogP contribution in [0.25, 0.3) is 16.0 Å². The summed E-state index contributed by atoms with van der Waals surface area (Å²) < 4.78 is 20.9. The van der Waals surface area contributed by atoms with Gasteiger partial charge in [-0.1, -0.05) is 24.3 Å². The summed E-state index contributed by atoms with van der Waals surface area (Å²) in [6.07, 6.45) is 3.49. The van der Waals surface area contributed by atoms with Crippen LogP contribution >= 0.6 is 0 Å². The number of hydrogen-bond donors (Lipinski definition) is 1. The number of methoxy groups -OCH3 is 1. The number of fused-ring (bicyclic) bond motifs is 3. The van der Waals surface area contributed by atoms with Crippen molar-refractivity contribution in [1.82, 2.24) is 4.90 Å². The number of carbonyl (C=O) groups excluding carboxylic acids is 1. The molecule has 6 nitrogen and oxygen atoms in total. The lowest BCUT2D eigenvalue weighted by atomic mass is 9.61. The van der Waals surface area contributed by atoms with Gasteiger partial charge < -0.3 is 10.5 Å². The van der Waals surface area contributed by atoms with Crippen LogP contribution in [0.4, 0.5) is 10.1 Å². The number of nitrogens with zero attached hydrogens (tertiary/aromatic N) is 3. The lowest BCUT2D eigenvalue weighted by molar-refractivity contribution is -0.137. The zero-order chi connectivity index (χ0) is 22.7. The second-order valence-corrected chi connectivity index (χ2v) is 9.05. The minimum atomic E-state index is -1.27. The predicted molar refractivity (Wildman–Crippen MR) is 120 cm³/mol. The van der Waals surface area contributed by atoms with Gasteiger partial charge in [0.25, 0.3) is 5.91 Å². The first-order chi connectivity index (χ1) is 15.4. The first kappa shape index (κ1) is 20.7. The second-order valence-electron chi connectivity index (χ2n) is 9.05. The Balaban J connectivity index is 1.79. The topological polar surface area (TPSA) is 72.3 Å². The minimum absolute atomic E-state index is 0.122. The maximum absolute atomic E-state index is 15.3. The molecule has 1 unspecified atom stereocenters. The van der Waals surface area contributed by atoms with E-state index in [2.05, 4.69) is 4.85 Å². The molecule has 1 heterocycles. The molecule has 0 radical (unpaired) electrons. The number of aliphatic imine (C=N–C) groups is 1. The van der Waals surface area contributed by atoms with Crippen molar-refractivity contribution in [3.8, 4) is 11.1 Å². The maximum Gasteiger partial charge on any atom is 0.262 e. The first-order valence-corrected chi connectivity index (χ1v) is 10.8. The van der Waals surface area contributed by atoms with E-state index < -0.39 is 11.0 Å². The number of likely N-dealkylation sites (N-methyl/N-ethyl adjacent to an activating group) is 1.